The van der Waals surface area contributed by atoms with Gasteiger partial charge in [0.25, 0.3) is 5.91 Å². The van der Waals surface area contributed by atoms with E-state index in [-0.39, 0.29) is 10.5 Å². The van der Waals surface area contributed by atoms with E-state index in [9.17, 15) is 9.59 Å². The second kappa shape index (κ2) is 10.2. The number of hydrogen-bond acceptors (Lipinski definition) is 5. The van der Waals surface area contributed by atoms with Crippen LogP contribution in [0.4, 0.5) is 5.00 Å². The molecule has 182 valence electrons. The summed E-state index contributed by atoms with van der Waals surface area (Å²) < 4.78 is 5.78. The molecule has 0 radical (unpaired) electrons. The van der Waals surface area contributed by atoms with Crippen LogP contribution in [0.5, 0.6) is 0 Å². The smallest absolute Gasteiger partial charge is 0.251 e. The van der Waals surface area contributed by atoms with Crippen molar-refractivity contribution in [3.8, 4) is 11.3 Å². The molecule has 0 spiro atoms. The van der Waals surface area contributed by atoms with Gasteiger partial charge < -0.3 is 15.5 Å². The van der Waals surface area contributed by atoms with E-state index in [0.717, 1.165) is 41.0 Å². The van der Waals surface area contributed by atoms with Crippen LogP contribution in [-0.2, 0) is 17.6 Å². The highest BCUT2D eigenvalue weighted by Gasteiger charge is 2.33. The van der Waals surface area contributed by atoms with Gasteiger partial charge in [-0.05, 0) is 66.6 Å². The Morgan fingerprint density at radius 3 is 2.60 bits per heavy atom. The van der Waals surface area contributed by atoms with Crippen molar-refractivity contribution in [3.63, 3.8) is 0 Å². The first kappa shape index (κ1) is 24.9. The maximum Gasteiger partial charge on any atom is 0.251 e. The van der Waals surface area contributed by atoms with Crippen molar-refractivity contribution in [3.05, 3.63) is 70.3 Å². The number of nitrogens with one attached hydrogen (secondary N) is 2. The van der Waals surface area contributed by atoms with Crippen molar-refractivity contribution >= 4 is 51.6 Å². The summed E-state index contributed by atoms with van der Waals surface area (Å²) in [5.41, 5.74) is 8.34. The van der Waals surface area contributed by atoms with Gasteiger partial charge in [0, 0.05) is 16.5 Å². The highest BCUT2D eigenvalue weighted by atomic mass is 32.1. The van der Waals surface area contributed by atoms with Gasteiger partial charge >= 0.3 is 0 Å². The van der Waals surface area contributed by atoms with Gasteiger partial charge in [-0.15, -0.1) is 11.3 Å². The summed E-state index contributed by atoms with van der Waals surface area (Å²) in [6.07, 6.45) is 5.66. The number of thiocarbonyl (C=S) groups is 1. The van der Waals surface area contributed by atoms with Crippen molar-refractivity contribution in [1.29, 1.82) is 0 Å². The Balaban J connectivity index is 1.40. The quantitative estimate of drug-likeness (QED) is 0.300. The number of thiophene rings is 1. The standard InChI is InChI=1S/C27H29N3O3S2/c1-27(2,3)17-9-12-19-21(15-17)35-25(23(19)24(28)32)30-26(34)29-22(31)14-11-18-10-13-20(33-18)16-7-5-4-6-8-16/h4-8,10-11,13-14,17H,9,12,15H2,1-3H3,(H2,28,32)(H2,29,30,31,34)/b14-11+/t17-/m1/s1. The maximum atomic E-state index is 12.4. The number of nitrogens with two attached hydrogens (primary N) is 1. The number of furan rings is 1. The molecule has 2 heterocycles. The second-order valence-electron chi connectivity index (χ2n) is 9.72. The molecule has 0 unspecified atom stereocenters. The Kier molecular flexibility index (Phi) is 7.23. The molecule has 2 aromatic heterocycles. The number of carbonyl (C=O) groups is 2. The van der Waals surface area contributed by atoms with Gasteiger partial charge in [0.15, 0.2) is 5.11 Å². The van der Waals surface area contributed by atoms with Crippen molar-refractivity contribution in [2.24, 2.45) is 17.1 Å². The maximum absolute atomic E-state index is 12.4. The van der Waals surface area contributed by atoms with Crippen molar-refractivity contribution < 1.29 is 14.0 Å². The van der Waals surface area contributed by atoms with Crippen molar-refractivity contribution in [2.45, 2.75) is 40.0 Å². The van der Waals surface area contributed by atoms with Crippen LogP contribution >= 0.6 is 23.6 Å². The van der Waals surface area contributed by atoms with E-state index in [1.54, 1.807) is 12.1 Å². The minimum absolute atomic E-state index is 0.109. The van der Waals surface area contributed by atoms with Crippen LogP contribution in [0.3, 0.4) is 0 Å². The third kappa shape index (κ3) is 5.89. The molecule has 1 atom stereocenters. The third-order valence-corrected chi connectivity index (χ3v) is 7.66. The summed E-state index contributed by atoms with van der Waals surface area (Å²) in [6.45, 7) is 6.73. The fourth-order valence-electron chi connectivity index (χ4n) is 4.32. The molecule has 1 aliphatic rings. The first-order valence-electron chi connectivity index (χ1n) is 11.5. The predicted molar refractivity (Wildman–Crippen MR) is 145 cm³/mol. The number of amides is 2. The minimum Gasteiger partial charge on any atom is -0.457 e. The van der Waals surface area contributed by atoms with Gasteiger partial charge in [-0.2, -0.15) is 0 Å². The average molecular weight is 508 g/mol. The Morgan fingerprint density at radius 2 is 1.91 bits per heavy atom. The lowest BCUT2D eigenvalue weighted by molar-refractivity contribution is -0.115. The van der Waals surface area contributed by atoms with E-state index in [2.05, 4.69) is 31.4 Å². The van der Waals surface area contributed by atoms with Gasteiger partial charge in [-0.25, -0.2) is 0 Å². The molecule has 4 rings (SSSR count). The molecule has 8 heteroatoms. The first-order valence-corrected chi connectivity index (χ1v) is 12.7. The molecule has 3 aromatic rings. The molecule has 6 nitrogen and oxygen atoms in total. The van der Waals surface area contributed by atoms with Crippen LogP contribution in [0, 0.1) is 11.3 Å². The number of benzene rings is 1. The normalized spacial score (nSPS) is 15.6. The Morgan fingerprint density at radius 1 is 1.17 bits per heavy atom. The Hall–Kier alpha value is -3.23. The largest absolute Gasteiger partial charge is 0.457 e. The highest BCUT2D eigenvalue weighted by Crippen LogP contribution is 2.44. The number of primary amides is 1. The lowest BCUT2D eigenvalue weighted by atomic mass is 9.72. The second-order valence-corrected chi connectivity index (χ2v) is 11.2. The van der Waals surface area contributed by atoms with Crippen molar-refractivity contribution in [2.75, 3.05) is 5.32 Å². The summed E-state index contributed by atoms with van der Waals surface area (Å²) in [5, 5.41) is 6.34. The molecule has 0 aliphatic heterocycles. The van der Waals surface area contributed by atoms with Crippen LogP contribution in [0.1, 0.15) is 53.8 Å². The van der Waals surface area contributed by atoms with E-state index in [4.69, 9.17) is 22.4 Å². The van der Waals surface area contributed by atoms with Crippen LogP contribution in [-0.4, -0.2) is 16.9 Å². The van der Waals surface area contributed by atoms with Gasteiger partial charge in [0.1, 0.15) is 16.5 Å². The molecule has 35 heavy (non-hydrogen) atoms. The predicted octanol–water partition coefficient (Wildman–Crippen LogP) is 5.78. The summed E-state index contributed by atoms with van der Waals surface area (Å²) in [6, 6.07) is 13.4. The van der Waals surface area contributed by atoms with E-state index < -0.39 is 11.8 Å². The molecule has 1 aliphatic carbocycles. The summed E-state index contributed by atoms with van der Waals surface area (Å²) in [7, 11) is 0. The highest BCUT2D eigenvalue weighted by molar-refractivity contribution is 7.80. The minimum atomic E-state index is -0.486. The number of rotatable bonds is 5. The molecule has 2 amide bonds. The monoisotopic (exact) mass is 507 g/mol. The topological polar surface area (TPSA) is 97.4 Å². The van der Waals surface area contributed by atoms with Gasteiger partial charge in [0.05, 0.1) is 5.56 Å². The zero-order valence-electron chi connectivity index (χ0n) is 20.0. The number of carbonyl (C=O) groups excluding carboxylic acids is 2. The molecule has 0 bridgehead atoms. The molecule has 0 saturated heterocycles. The van der Waals surface area contributed by atoms with Gasteiger partial charge in [-0.3, -0.25) is 14.9 Å². The summed E-state index contributed by atoms with van der Waals surface area (Å²) >= 11 is 6.83. The molecule has 1 aromatic carbocycles. The SMILES string of the molecule is CC(C)(C)[C@@H]1CCc2c(sc(NC(=S)NC(=O)/C=C/c3ccc(-c4ccccc4)o3)c2C(N)=O)C1. The van der Waals surface area contributed by atoms with Gasteiger partial charge in [-0.1, -0.05) is 51.1 Å². The molecular weight excluding hydrogens is 478 g/mol. The lowest BCUT2D eigenvalue weighted by Crippen LogP contribution is -2.33. The number of fused-ring (bicyclic) bond motifs is 1. The van der Waals surface area contributed by atoms with E-state index in [1.807, 2.05) is 36.4 Å². The molecule has 0 fully saturated rings. The molecular formula is C27H29N3O3S2. The fourth-order valence-corrected chi connectivity index (χ4v) is 5.92. The van der Waals surface area contributed by atoms with Crippen molar-refractivity contribution in [1.82, 2.24) is 5.32 Å². The zero-order chi connectivity index (χ0) is 25.2. The lowest BCUT2D eigenvalue weighted by Gasteiger charge is -2.33. The van der Waals surface area contributed by atoms with Gasteiger partial charge in [0.2, 0.25) is 5.91 Å². The fraction of sp³-hybridized carbons (Fsp3) is 0.296. The van der Waals surface area contributed by atoms with Crippen LogP contribution in [0.15, 0.2) is 53.0 Å². The van der Waals surface area contributed by atoms with E-state index in [0.29, 0.717) is 22.2 Å². The van der Waals surface area contributed by atoms with E-state index in [1.165, 1.54) is 17.4 Å². The Labute approximate surface area is 214 Å². The van der Waals surface area contributed by atoms with Crippen LogP contribution < -0.4 is 16.4 Å². The average Bonchev–Trinajstić information content (AvgIpc) is 3.41. The summed E-state index contributed by atoms with van der Waals surface area (Å²) in [4.78, 5) is 25.8. The molecule has 4 N–H and O–H groups in total. The third-order valence-electron chi connectivity index (χ3n) is 6.28. The van der Waals surface area contributed by atoms with E-state index >= 15 is 0 Å². The van der Waals surface area contributed by atoms with Crippen LogP contribution in [0.2, 0.25) is 0 Å². The molecule has 0 saturated carbocycles. The summed E-state index contributed by atoms with van der Waals surface area (Å²) in [5.74, 6) is 0.906. The zero-order valence-corrected chi connectivity index (χ0v) is 21.6. The number of hydrogen-bond donors (Lipinski definition) is 3. The number of anilines is 1. The Bertz CT molecular complexity index is 1280. The van der Waals surface area contributed by atoms with Crippen LogP contribution in [0.25, 0.3) is 17.4 Å². The first-order chi connectivity index (χ1) is 16.6.